The molecule has 3 N–H and O–H groups in total. The van der Waals surface area contributed by atoms with Crippen LogP contribution in [0.15, 0.2) is 160 Å². The Morgan fingerprint density at radius 3 is 1.57 bits per heavy atom. The van der Waals surface area contributed by atoms with Crippen LogP contribution in [0.2, 0.25) is 10.0 Å². The van der Waals surface area contributed by atoms with Gasteiger partial charge in [0.1, 0.15) is 42.1 Å². The lowest BCUT2D eigenvalue weighted by Gasteiger charge is -2.38. The number of fused-ring (bicyclic) bond motifs is 2. The third kappa shape index (κ3) is 13.7. The molecule has 498 valence electrons. The van der Waals surface area contributed by atoms with Crippen molar-refractivity contribution in [1.82, 2.24) is 69.7 Å². The minimum Gasteiger partial charge on any atom is -0.508 e. The van der Waals surface area contributed by atoms with Gasteiger partial charge in [0.15, 0.2) is 27.5 Å². The number of amides is 4. The Morgan fingerprint density at radius 1 is 0.629 bits per heavy atom. The zero-order valence-electron chi connectivity index (χ0n) is 52.1. The molecule has 8 aromatic rings. The van der Waals surface area contributed by atoms with Gasteiger partial charge < -0.3 is 35.0 Å². The van der Waals surface area contributed by atoms with Crippen molar-refractivity contribution < 1.29 is 47.3 Å². The summed E-state index contributed by atoms with van der Waals surface area (Å²) >= 11 is 15.7. The average Bonchev–Trinajstić information content (AvgIpc) is 1.58. The van der Waals surface area contributed by atoms with Gasteiger partial charge in [0, 0.05) is 119 Å². The SMILES string of the molecule is C=C(O)c1ccc(Cn2cnc(N3C[C@@H]4CN(CC5=C(C(=O)OC)[C@H](c6ccc(F)cc6Cl)N=C(c6nccs6)N5)CCN4C3=O)n2)cc1.COC(=O)C1=C(CN2CCN3C(=O)N(c4ncn(-c5ccc(C(C)=O)cc5)n4)C[C@@H]3C2)NC(c2nccs2)=N[C@H]1c1ccc(F)cc1Cl. The molecule has 6 aliphatic heterocycles. The number of aliphatic hydroxyl groups is 1. The fraction of sp³-hybridized carbons (Fsp3) is 0.277. The number of benzene rings is 4. The number of urea groups is 2. The van der Waals surface area contributed by atoms with E-state index < -0.39 is 35.7 Å². The number of hydrogen-bond acceptors (Lipinski definition) is 22. The summed E-state index contributed by atoms with van der Waals surface area (Å²) in [6.45, 7) is 9.91. The number of hydrogen-bond donors (Lipinski definition) is 3. The Labute approximate surface area is 571 Å². The number of carbonyl (C=O) groups excluding carboxylic acids is 5. The van der Waals surface area contributed by atoms with Crippen molar-refractivity contribution >= 4 is 105 Å². The molecule has 0 aliphatic carbocycles. The number of ether oxygens (including phenoxy) is 2. The summed E-state index contributed by atoms with van der Waals surface area (Å²) in [5.41, 5.74) is 5.43. The van der Waals surface area contributed by atoms with E-state index in [4.69, 9.17) is 42.7 Å². The molecule has 0 saturated carbocycles. The van der Waals surface area contributed by atoms with Crippen molar-refractivity contribution in [2.24, 2.45) is 9.98 Å². The summed E-state index contributed by atoms with van der Waals surface area (Å²) in [6, 6.07) is 19.9. The first-order valence-electron chi connectivity index (χ1n) is 30.4. The number of Topliss-reactive ketones (excluding diaryl/α,β-unsaturated/α-hetero) is 1. The summed E-state index contributed by atoms with van der Waals surface area (Å²) in [6.07, 6.45) is 6.45. The number of aromatic nitrogens is 8. The van der Waals surface area contributed by atoms with E-state index in [1.165, 1.54) is 86.5 Å². The maximum absolute atomic E-state index is 14.0. The van der Waals surface area contributed by atoms with Gasteiger partial charge in [-0.1, -0.05) is 66.2 Å². The highest BCUT2D eigenvalue weighted by Gasteiger charge is 2.46. The number of halogens is 4. The molecule has 4 amide bonds. The number of thiazole rings is 2. The normalized spacial score (nSPS) is 19.6. The second-order valence-corrected chi connectivity index (χ2v) is 25.8. The van der Waals surface area contributed by atoms with Crippen LogP contribution in [0.3, 0.4) is 0 Å². The van der Waals surface area contributed by atoms with Crippen LogP contribution in [0, 0.1) is 11.6 Å². The number of rotatable bonds is 17. The second kappa shape index (κ2) is 27.9. The summed E-state index contributed by atoms with van der Waals surface area (Å²) in [4.78, 5) is 104. The predicted molar refractivity (Wildman–Crippen MR) is 358 cm³/mol. The number of aliphatic imine (C=N–C) groups is 2. The minimum atomic E-state index is -0.870. The van der Waals surface area contributed by atoms with E-state index in [9.17, 15) is 37.9 Å². The Morgan fingerprint density at radius 2 is 1.11 bits per heavy atom. The van der Waals surface area contributed by atoms with Crippen LogP contribution in [0.25, 0.3) is 11.4 Å². The van der Waals surface area contributed by atoms with Crippen molar-refractivity contribution in [3.05, 3.63) is 209 Å². The summed E-state index contributed by atoms with van der Waals surface area (Å²) in [5.74, 6) is -0.710. The molecule has 10 heterocycles. The molecule has 0 unspecified atom stereocenters. The Balaban J connectivity index is 0.000000175. The number of aliphatic hydroxyl groups excluding tert-OH is 1. The van der Waals surface area contributed by atoms with Crippen molar-refractivity contribution in [3.8, 4) is 5.69 Å². The molecule has 4 aromatic heterocycles. The van der Waals surface area contributed by atoms with Gasteiger partial charge in [-0.15, -0.1) is 32.9 Å². The van der Waals surface area contributed by atoms with E-state index >= 15 is 0 Å². The Kier molecular flexibility index (Phi) is 18.9. The fourth-order valence-corrected chi connectivity index (χ4v) is 14.1. The molecule has 0 bridgehead atoms. The van der Waals surface area contributed by atoms with Gasteiger partial charge in [0.25, 0.3) is 11.9 Å². The molecule has 6 aliphatic rings. The van der Waals surface area contributed by atoms with Crippen molar-refractivity contribution in [1.29, 1.82) is 0 Å². The Hall–Kier alpha value is -10.1. The largest absolute Gasteiger partial charge is 0.508 e. The van der Waals surface area contributed by atoms with E-state index in [0.29, 0.717) is 139 Å². The number of nitrogens with one attached hydrogen (secondary N) is 2. The standard InChI is InChI=1S/C33H31ClFN9O4S.C32H29ClFN9O4S/c1-19(45)21-5-3-20(4-6-21)14-42-18-37-32(40-42)44-16-23-15-41(10-11-43(23)33(44)47)17-26-27(31(46)48-2)28(24-8-7-22(35)13-25(24)34)39-29(38-26)30-36-9-12-49-30;1-18(44)19-3-6-21(7-4-19)43-17-36-31(39-43)42-15-22-14-40(10-11-41(22)32(42)46)16-25-26(30(45)47-2)27(23-8-5-20(34)13-24(23)33)38-28(37-25)29-35-9-12-48-29/h3-9,12-13,18,23,28,45H,1,10-11,14-17H2,2H3,(H,38,39);3-9,12-13,17,22,27H,10-11,14-16H2,1-2H3,(H,37,38)/t23-,28-;22-,27-/m00/s1. The lowest BCUT2D eigenvalue weighted by atomic mass is 9.95. The number of nitrogens with zero attached hydrogens (tertiary/aromatic N) is 16. The third-order valence-corrected chi connectivity index (χ3v) is 19.4. The van der Waals surface area contributed by atoms with Gasteiger partial charge in [-0.25, -0.2) is 47.3 Å². The molecular weight excluding hydrogens is 1330 g/mol. The zero-order valence-corrected chi connectivity index (χ0v) is 55.3. The van der Waals surface area contributed by atoms with E-state index in [2.05, 4.69) is 57.1 Å². The lowest BCUT2D eigenvalue weighted by Crippen LogP contribution is -2.53. The number of esters is 2. The number of ketones is 1. The summed E-state index contributed by atoms with van der Waals surface area (Å²) < 4.78 is 41.7. The van der Waals surface area contributed by atoms with Crippen LogP contribution in [0.4, 0.5) is 30.3 Å². The van der Waals surface area contributed by atoms with Gasteiger partial charge in [-0.05, 0) is 61.0 Å². The summed E-state index contributed by atoms with van der Waals surface area (Å²) in [5, 5.41) is 30.5. The molecule has 97 heavy (non-hydrogen) atoms. The smallest absolute Gasteiger partial charge is 0.338 e. The molecular formula is C65H60Cl2F2N18O8S2. The Bertz CT molecular complexity index is 4510. The van der Waals surface area contributed by atoms with Gasteiger partial charge in [0.05, 0.1) is 62.8 Å². The van der Waals surface area contributed by atoms with Gasteiger partial charge >= 0.3 is 24.0 Å². The molecule has 4 aromatic carbocycles. The molecule has 4 fully saturated rings. The van der Waals surface area contributed by atoms with Crippen molar-refractivity contribution in [3.63, 3.8) is 0 Å². The topological polar surface area (TPSA) is 279 Å². The summed E-state index contributed by atoms with van der Waals surface area (Å²) in [7, 11) is 2.59. The molecule has 14 rings (SSSR count). The van der Waals surface area contributed by atoms with Crippen LogP contribution in [-0.4, -0.2) is 197 Å². The number of carbonyl (C=O) groups is 5. The number of methoxy groups -OCH3 is 2. The number of piperazine rings is 2. The highest BCUT2D eigenvalue weighted by atomic mass is 35.5. The van der Waals surface area contributed by atoms with Crippen LogP contribution in [0.1, 0.15) is 61.6 Å². The minimum absolute atomic E-state index is 0.00110. The van der Waals surface area contributed by atoms with Crippen LogP contribution in [0.5, 0.6) is 0 Å². The van der Waals surface area contributed by atoms with E-state index in [1.807, 2.05) is 32.7 Å². The number of anilines is 2. The molecule has 4 atom stereocenters. The maximum Gasteiger partial charge on any atom is 0.338 e. The third-order valence-electron chi connectivity index (χ3n) is 17.1. The van der Waals surface area contributed by atoms with Gasteiger partial charge in [-0.2, -0.15) is 9.97 Å². The quantitative estimate of drug-likeness (QED) is 0.0441. The van der Waals surface area contributed by atoms with Crippen LogP contribution < -0.4 is 20.4 Å². The number of amidine groups is 2. The van der Waals surface area contributed by atoms with E-state index in [1.54, 1.807) is 74.3 Å². The van der Waals surface area contributed by atoms with Gasteiger partial charge in [0.2, 0.25) is 0 Å². The molecule has 32 heteroatoms. The highest BCUT2D eigenvalue weighted by Crippen LogP contribution is 2.40. The molecule has 26 nitrogen and oxygen atoms in total. The van der Waals surface area contributed by atoms with Crippen LogP contribution in [-0.2, 0) is 25.6 Å². The molecule has 0 spiro atoms. The lowest BCUT2D eigenvalue weighted by molar-refractivity contribution is -0.137. The van der Waals surface area contributed by atoms with E-state index in [-0.39, 0.29) is 62.8 Å². The van der Waals surface area contributed by atoms with Crippen molar-refractivity contribution in [2.75, 3.05) is 89.5 Å². The first kappa shape index (κ1) is 65.5. The zero-order chi connectivity index (χ0) is 67.8. The first-order chi connectivity index (χ1) is 46.9. The fourth-order valence-electron chi connectivity index (χ4n) is 12.4. The average molecular weight is 1390 g/mol. The van der Waals surface area contributed by atoms with Crippen LogP contribution >= 0.6 is 45.9 Å². The molecule has 4 saturated heterocycles. The predicted octanol–water partition coefficient (Wildman–Crippen LogP) is 8.11. The maximum atomic E-state index is 14.0. The second-order valence-electron chi connectivity index (χ2n) is 23.2. The monoisotopic (exact) mass is 1390 g/mol. The first-order valence-corrected chi connectivity index (χ1v) is 32.9. The van der Waals surface area contributed by atoms with Gasteiger partial charge in [-0.3, -0.25) is 34.4 Å². The van der Waals surface area contributed by atoms with Crippen molar-refractivity contribution in [2.45, 2.75) is 37.6 Å². The highest BCUT2D eigenvalue weighted by molar-refractivity contribution is 7.12. The molecule has 0 radical (unpaired) electrons. The van der Waals surface area contributed by atoms with E-state index in [0.717, 1.165) is 5.56 Å².